The number of rotatable bonds is 10. The molecule has 2 N–H and O–H groups in total. The van der Waals surface area contributed by atoms with Crippen LogP contribution in [0.25, 0.3) is 0 Å². The van der Waals surface area contributed by atoms with Crippen LogP contribution in [0.5, 0.6) is 0 Å². The third kappa shape index (κ3) is 5.13. The summed E-state index contributed by atoms with van der Waals surface area (Å²) in [4.78, 5) is 41.7. The van der Waals surface area contributed by atoms with Gasteiger partial charge in [-0.3, -0.25) is 14.4 Å². The van der Waals surface area contributed by atoms with Gasteiger partial charge in [0.15, 0.2) is 0 Å². The number of nitrogens with one attached hydrogen (secondary N) is 1. The summed E-state index contributed by atoms with van der Waals surface area (Å²) in [6, 6.07) is 8.31. The molecule has 1 heterocycles. The molecule has 1 aliphatic carbocycles. The number of esters is 1. The van der Waals surface area contributed by atoms with Crippen LogP contribution in [0.15, 0.2) is 42.5 Å². The van der Waals surface area contributed by atoms with Gasteiger partial charge < -0.3 is 20.1 Å². The number of carbonyl (C=O) groups excluding carboxylic acids is 3. The average Bonchev–Trinajstić information content (AvgIpc) is 3.12. The number of hydrogen-bond acceptors (Lipinski definition) is 5. The van der Waals surface area contributed by atoms with Crippen molar-refractivity contribution in [1.29, 1.82) is 0 Å². The minimum atomic E-state index is -0.779. The molecule has 0 bridgehead atoms. The van der Waals surface area contributed by atoms with Crippen molar-refractivity contribution in [3.8, 4) is 0 Å². The fourth-order valence-electron chi connectivity index (χ4n) is 5.31. The Morgan fingerprint density at radius 1 is 1.15 bits per heavy atom. The Morgan fingerprint density at radius 3 is 2.48 bits per heavy atom. The van der Waals surface area contributed by atoms with E-state index in [-0.39, 0.29) is 36.9 Å². The van der Waals surface area contributed by atoms with Gasteiger partial charge in [-0.15, -0.1) is 0 Å². The van der Waals surface area contributed by atoms with E-state index in [4.69, 9.17) is 4.74 Å². The van der Waals surface area contributed by atoms with E-state index < -0.39 is 29.8 Å². The highest BCUT2D eigenvalue weighted by molar-refractivity contribution is 5.96. The van der Waals surface area contributed by atoms with Crippen LogP contribution in [-0.2, 0) is 25.7 Å². The molecule has 2 aliphatic rings. The fourth-order valence-corrected chi connectivity index (χ4v) is 5.31. The quantitative estimate of drug-likeness (QED) is 0.417. The summed E-state index contributed by atoms with van der Waals surface area (Å²) in [6.07, 6.45) is 6.07. The smallest absolute Gasteiger partial charge is 0.310 e. The summed E-state index contributed by atoms with van der Waals surface area (Å²) >= 11 is 0. The second-order valence-corrected chi connectivity index (χ2v) is 8.86. The second-order valence-electron chi connectivity index (χ2n) is 8.86. The molecule has 7 nitrogen and oxygen atoms in total. The van der Waals surface area contributed by atoms with E-state index in [1.165, 1.54) is 4.90 Å². The number of fused-ring (bicyclic) bond motifs is 1. The Hall–Kier alpha value is -2.67. The number of aliphatic hydroxyl groups is 1. The number of aliphatic hydroxyl groups excluding tert-OH is 1. The van der Waals surface area contributed by atoms with Crippen molar-refractivity contribution in [1.82, 2.24) is 10.2 Å². The highest BCUT2D eigenvalue weighted by Crippen LogP contribution is 2.46. The monoisotopic (exact) mass is 456 g/mol. The number of nitrogens with zero attached hydrogens (tertiary/aromatic N) is 1. The van der Waals surface area contributed by atoms with Crippen molar-refractivity contribution in [3.05, 3.63) is 48.0 Å². The molecule has 0 unspecified atom stereocenters. The zero-order valence-electron chi connectivity index (χ0n) is 19.8. The molecule has 1 aliphatic heterocycles. The van der Waals surface area contributed by atoms with Crippen LogP contribution in [0, 0.1) is 23.7 Å². The maximum atomic E-state index is 13.8. The van der Waals surface area contributed by atoms with E-state index in [0.29, 0.717) is 13.0 Å². The third-order valence-corrected chi connectivity index (χ3v) is 6.88. The summed E-state index contributed by atoms with van der Waals surface area (Å²) in [5, 5.41) is 13.0. The van der Waals surface area contributed by atoms with Crippen molar-refractivity contribution in [2.45, 2.75) is 58.7 Å². The van der Waals surface area contributed by atoms with Gasteiger partial charge >= 0.3 is 5.97 Å². The van der Waals surface area contributed by atoms with Crippen molar-refractivity contribution in [2.24, 2.45) is 23.7 Å². The number of ether oxygens (including phenoxy) is 1. The van der Waals surface area contributed by atoms with Crippen molar-refractivity contribution in [3.63, 3.8) is 0 Å². The Labute approximate surface area is 196 Å². The summed E-state index contributed by atoms with van der Waals surface area (Å²) in [5.41, 5.74) is 0.957. The Bertz CT molecular complexity index is 851. The zero-order valence-corrected chi connectivity index (χ0v) is 19.8. The molecule has 7 heteroatoms. The normalized spacial score (nSPS) is 27.2. The predicted molar refractivity (Wildman–Crippen MR) is 125 cm³/mol. The first kappa shape index (κ1) is 25.0. The van der Waals surface area contributed by atoms with Crippen LogP contribution in [0.3, 0.4) is 0 Å². The number of benzene rings is 1. The molecule has 0 radical (unpaired) electrons. The number of carbonyl (C=O) groups is 3. The maximum Gasteiger partial charge on any atom is 0.310 e. The predicted octanol–water partition coefficient (Wildman–Crippen LogP) is 2.68. The van der Waals surface area contributed by atoms with E-state index >= 15 is 0 Å². The molecule has 1 aromatic carbocycles. The van der Waals surface area contributed by atoms with Crippen LogP contribution >= 0.6 is 0 Å². The minimum absolute atomic E-state index is 0.110. The van der Waals surface area contributed by atoms with Gasteiger partial charge in [-0.1, -0.05) is 62.8 Å². The van der Waals surface area contributed by atoms with Gasteiger partial charge in [-0.05, 0) is 31.2 Å². The number of allylic oxidation sites excluding steroid dienone is 1. The van der Waals surface area contributed by atoms with E-state index in [2.05, 4.69) is 5.32 Å². The molecule has 2 amide bonds. The lowest BCUT2D eigenvalue weighted by atomic mass is 9.69. The van der Waals surface area contributed by atoms with Crippen LogP contribution in [0.1, 0.15) is 45.6 Å². The highest BCUT2D eigenvalue weighted by Gasteiger charge is 2.58. The molecule has 6 atom stereocenters. The van der Waals surface area contributed by atoms with Crippen LogP contribution < -0.4 is 5.32 Å². The largest absolute Gasteiger partial charge is 0.466 e. The Balaban J connectivity index is 1.96. The summed E-state index contributed by atoms with van der Waals surface area (Å²) in [5.74, 6) is -2.75. The van der Waals surface area contributed by atoms with Gasteiger partial charge in [0, 0.05) is 12.5 Å². The molecular weight excluding hydrogens is 420 g/mol. The first-order chi connectivity index (χ1) is 16.0. The van der Waals surface area contributed by atoms with E-state index in [1.54, 1.807) is 6.92 Å². The van der Waals surface area contributed by atoms with E-state index in [1.807, 2.05) is 56.3 Å². The molecular formula is C26H36N2O5. The molecule has 3 rings (SSSR count). The van der Waals surface area contributed by atoms with E-state index in [9.17, 15) is 19.5 Å². The van der Waals surface area contributed by atoms with Gasteiger partial charge in [0.2, 0.25) is 11.8 Å². The van der Waals surface area contributed by atoms with Crippen molar-refractivity contribution >= 4 is 17.8 Å². The molecule has 180 valence electrons. The lowest BCUT2D eigenvalue weighted by Gasteiger charge is -2.34. The van der Waals surface area contributed by atoms with Crippen LogP contribution in [0.2, 0.25) is 0 Å². The molecule has 0 aromatic heterocycles. The third-order valence-electron chi connectivity index (χ3n) is 6.88. The first-order valence-electron chi connectivity index (χ1n) is 12.1. The van der Waals surface area contributed by atoms with Gasteiger partial charge in [-0.25, -0.2) is 0 Å². The number of likely N-dealkylation sites (tertiary alicyclic amines) is 1. The van der Waals surface area contributed by atoms with Gasteiger partial charge in [0.05, 0.1) is 31.1 Å². The molecule has 0 saturated carbocycles. The standard InChI is InChI=1S/C26H36N2O5/c1-4-10-18-13-14-20-22(21(18)26(32)33-6-3)25(31)28(19(5-2)16-29)23(20)24(30)27-15-17-11-8-7-9-12-17/h7-9,11-14,18-23,29H,4-6,10,15-16H2,1-3H3,(H,27,30)/t18-,19+,20+,21-,22-,23+/m1/s1. The Morgan fingerprint density at radius 2 is 1.88 bits per heavy atom. The summed E-state index contributed by atoms with van der Waals surface area (Å²) in [6.45, 7) is 6.02. The van der Waals surface area contributed by atoms with Crippen molar-refractivity contribution in [2.75, 3.05) is 13.2 Å². The van der Waals surface area contributed by atoms with Gasteiger partial charge in [-0.2, -0.15) is 0 Å². The minimum Gasteiger partial charge on any atom is -0.466 e. The Kier molecular flexibility index (Phi) is 8.67. The first-order valence-corrected chi connectivity index (χ1v) is 12.1. The van der Waals surface area contributed by atoms with Gasteiger partial charge in [0.1, 0.15) is 6.04 Å². The topological polar surface area (TPSA) is 95.9 Å². The highest BCUT2D eigenvalue weighted by atomic mass is 16.5. The maximum absolute atomic E-state index is 13.8. The van der Waals surface area contributed by atoms with Gasteiger partial charge in [0.25, 0.3) is 0 Å². The SMILES string of the molecule is CCC[C@@H]1C=C[C@H]2[C@@H](C(=O)N([C@@H](CC)CO)[C@@H]2C(=O)NCc2ccccc2)[C@@H]1C(=O)OCC. The lowest BCUT2D eigenvalue weighted by Crippen LogP contribution is -2.52. The van der Waals surface area contributed by atoms with Crippen molar-refractivity contribution < 1.29 is 24.2 Å². The zero-order chi connectivity index (χ0) is 24.0. The molecule has 1 aromatic rings. The molecule has 1 fully saturated rings. The summed E-state index contributed by atoms with van der Waals surface area (Å²) in [7, 11) is 0. The number of amides is 2. The second kappa shape index (κ2) is 11.5. The fraction of sp³-hybridized carbons (Fsp3) is 0.577. The molecule has 1 saturated heterocycles. The van der Waals surface area contributed by atoms with E-state index in [0.717, 1.165) is 18.4 Å². The van der Waals surface area contributed by atoms with Crippen LogP contribution in [0.4, 0.5) is 0 Å². The van der Waals surface area contributed by atoms with Crippen LogP contribution in [-0.4, -0.2) is 53.1 Å². The average molecular weight is 457 g/mol. The lowest BCUT2D eigenvalue weighted by molar-refractivity contribution is -0.156. The summed E-state index contributed by atoms with van der Waals surface area (Å²) < 4.78 is 5.37. The molecule has 0 spiro atoms. The number of hydrogen-bond donors (Lipinski definition) is 2. The molecule has 33 heavy (non-hydrogen) atoms.